The number of carboxylic acid groups (broad SMARTS) is 1. The number of hydrogen-bond donors (Lipinski definition) is 3. The summed E-state index contributed by atoms with van der Waals surface area (Å²) in [6.07, 6.45) is -1.36. The lowest BCUT2D eigenvalue weighted by Gasteiger charge is -2.30. The molecule has 3 N–H and O–H groups in total. The van der Waals surface area contributed by atoms with Crippen LogP contribution in [0.3, 0.4) is 0 Å². The molecule has 1 unspecified atom stereocenters. The molecule has 1 atom stereocenters. The standard InChI is InChI=1S/C32H34N2O6S/c1-19-17-24(34-41(37,38)27-12-8-10-21-9-6-7-11-23(21)27)20(2)29(30(31(35)36)40-32(3,4)5)28(19)22-13-14-26-25(18-22)33-15-16-39-26/h6-14,17-18,30,33-34H,15-16H2,1-5H3,(H,35,36). The third kappa shape index (κ3) is 5.73. The number of aliphatic carboxylic acids is 1. The SMILES string of the molecule is Cc1cc(NS(=O)(=O)c2cccc3ccccc23)c(C)c(C(OC(C)(C)C)C(=O)O)c1-c1ccc2c(c1)NCCO2. The molecule has 0 saturated carbocycles. The number of carbonyl (C=O) groups is 1. The van der Waals surface area contributed by atoms with Crippen molar-refractivity contribution >= 4 is 38.1 Å². The lowest BCUT2D eigenvalue weighted by atomic mass is 9.87. The highest BCUT2D eigenvalue weighted by atomic mass is 32.2. The molecule has 0 aromatic heterocycles. The van der Waals surface area contributed by atoms with Gasteiger partial charge in [-0.3, -0.25) is 4.72 Å². The summed E-state index contributed by atoms with van der Waals surface area (Å²) in [4.78, 5) is 12.9. The molecule has 0 fully saturated rings. The summed E-state index contributed by atoms with van der Waals surface area (Å²) in [6, 6.07) is 19.8. The van der Waals surface area contributed by atoms with Crippen molar-refractivity contribution in [3.05, 3.63) is 83.4 Å². The number of sulfonamides is 1. The van der Waals surface area contributed by atoms with E-state index in [-0.39, 0.29) is 10.6 Å². The Morgan fingerprint density at radius 2 is 1.78 bits per heavy atom. The first-order valence-electron chi connectivity index (χ1n) is 13.4. The molecular weight excluding hydrogens is 540 g/mol. The van der Waals surface area contributed by atoms with Crippen molar-refractivity contribution in [2.24, 2.45) is 0 Å². The Morgan fingerprint density at radius 1 is 1.05 bits per heavy atom. The fourth-order valence-electron chi connectivity index (χ4n) is 5.27. The van der Waals surface area contributed by atoms with Gasteiger partial charge >= 0.3 is 5.97 Å². The highest BCUT2D eigenvalue weighted by Gasteiger charge is 2.33. The van der Waals surface area contributed by atoms with Crippen LogP contribution in [-0.4, -0.2) is 38.2 Å². The van der Waals surface area contributed by atoms with Crippen LogP contribution in [0.15, 0.2) is 71.6 Å². The molecule has 1 aliphatic heterocycles. The zero-order valence-corrected chi connectivity index (χ0v) is 24.6. The number of fused-ring (bicyclic) bond motifs is 2. The molecule has 0 spiro atoms. The Bertz CT molecular complexity index is 1750. The Kier molecular flexibility index (Phi) is 7.44. The van der Waals surface area contributed by atoms with E-state index in [1.54, 1.807) is 58.0 Å². The van der Waals surface area contributed by atoms with Crippen molar-refractivity contribution in [1.29, 1.82) is 0 Å². The molecule has 9 heteroatoms. The van der Waals surface area contributed by atoms with Gasteiger partial charge in [-0.05, 0) is 86.5 Å². The monoisotopic (exact) mass is 574 g/mol. The zero-order chi connectivity index (χ0) is 29.5. The lowest BCUT2D eigenvalue weighted by molar-refractivity contribution is -0.160. The van der Waals surface area contributed by atoms with Crippen molar-refractivity contribution < 1.29 is 27.8 Å². The van der Waals surface area contributed by atoms with Crippen LogP contribution < -0.4 is 14.8 Å². The van der Waals surface area contributed by atoms with Gasteiger partial charge in [-0.2, -0.15) is 0 Å². The summed E-state index contributed by atoms with van der Waals surface area (Å²) in [5.74, 6) is -0.451. The number of ether oxygens (including phenoxy) is 2. The van der Waals surface area contributed by atoms with Gasteiger partial charge in [-0.1, -0.05) is 42.5 Å². The normalized spacial score (nSPS) is 14.1. The van der Waals surface area contributed by atoms with Gasteiger partial charge in [0.2, 0.25) is 0 Å². The molecule has 0 radical (unpaired) electrons. The van der Waals surface area contributed by atoms with Gasteiger partial charge in [0.1, 0.15) is 12.4 Å². The summed E-state index contributed by atoms with van der Waals surface area (Å²) in [6.45, 7) is 10.1. The highest BCUT2D eigenvalue weighted by molar-refractivity contribution is 7.93. The maximum absolute atomic E-state index is 13.8. The maximum atomic E-state index is 13.8. The highest BCUT2D eigenvalue weighted by Crippen LogP contribution is 2.43. The van der Waals surface area contributed by atoms with Crippen molar-refractivity contribution in [1.82, 2.24) is 0 Å². The maximum Gasteiger partial charge on any atom is 0.337 e. The second-order valence-electron chi connectivity index (χ2n) is 11.2. The Hall–Kier alpha value is -4.08. The van der Waals surface area contributed by atoms with Gasteiger partial charge in [0, 0.05) is 17.5 Å². The molecule has 0 amide bonds. The molecule has 5 rings (SSSR count). The van der Waals surface area contributed by atoms with E-state index in [0.717, 1.165) is 22.4 Å². The minimum Gasteiger partial charge on any atom is -0.490 e. The molecule has 0 aliphatic carbocycles. The molecule has 4 aromatic rings. The van der Waals surface area contributed by atoms with Crippen LogP contribution in [0, 0.1) is 13.8 Å². The van der Waals surface area contributed by atoms with E-state index in [1.165, 1.54) is 0 Å². The smallest absolute Gasteiger partial charge is 0.337 e. The molecule has 1 aliphatic rings. The third-order valence-corrected chi connectivity index (χ3v) is 8.44. The van der Waals surface area contributed by atoms with Gasteiger partial charge in [0.15, 0.2) is 6.10 Å². The summed E-state index contributed by atoms with van der Waals surface area (Å²) in [5.41, 5.74) is 3.30. The fraction of sp³-hybridized carbons (Fsp3) is 0.281. The predicted molar refractivity (Wildman–Crippen MR) is 161 cm³/mol. The topological polar surface area (TPSA) is 114 Å². The van der Waals surface area contributed by atoms with Crippen LogP contribution in [0.25, 0.3) is 21.9 Å². The Labute approximate surface area is 240 Å². The Morgan fingerprint density at radius 3 is 2.51 bits per heavy atom. The van der Waals surface area contributed by atoms with Crippen LogP contribution in [0.4, 0.5) is 11.4 Å². The molecule has 0 saturated heterocycles. The van der Waals surface area contributed by atoms with E-state index in [4.69, 9.17) is 9.47 Å². The van der Waals surface area contributed by atoms with Crippen LogP contribution >= 0.6 is 0 Å². The molecule has 1 heterocycles. The number of carboxylic acids is 1. The second-order valence-corrected chi connectivity index (χ2v) is 12.8. The number of anilines is 2. The minimum absolute atomic E-state index is 0.139. The summed E-state index contributed by atoms with van der Waals surface area (Å²) in [7, 11) is -4.03. The quantitative estimate of drug-likeness (QED) is 0.226. The van der Waals surface area contributed by atoms with Crippen LogP contribution in [0.5, 0.6) is 5.75 Å². The van der Waals surface area contributed by atoms with Gasteiger partial charge in [0.05, 0.1) is 21.9 Å². The first-order valence-corrected chi connectivity index (χ1v) is 14.9. The largest absolute Gasteiger partial charge is 0.490 e. The van der Waals surface area contributed by atoms with E-state index in [0.29, 0.717) is 40.8 Å². The number of aryl methyl sites for hydroxylation is 1. The molecule has 0 bridgehead atoms. The number of rotatable bonds is 7. The van der Waals surface area contributed by atoms with Crippen molar-refractivity contribution in [2.45, 2.75) is 51.2 Å². The van der Waals surface area contributed by atoms with Crippen molar-refractivity contribution in [3.8, 4) is 16.9 Å². The van der Waals surface area contributed by atoms with Gasteiger partial charge in [-0.15, -0.1) is 0 Å². The van der Waals surface area contributed by atoms with Crippen LogP contribution in [0.2, 0.25) is 0 Å². The predicted octanol–water partition coefficient (Wildman–Crippen LogP) is 6.67. The van der Waals surface area contributed by atoms with Gasteiger partial charge in [0.25, 0.3) is 10.0 Å². The summed E-state index contributed by atoms with van der Waals surface area (Å²) < 4.78 is 42.1. The minimum atomic E-state index is -4.03. The molecule has 214 valence electrons. The zero-order valence-electron chi connectivity index (χ0n) is 23.7. The molecule has 8 nitrogen and oxygen atoms in total. The first-order chi connectivity index (χ1) is 19.4. The average molecular weight is 575 g/mol. The molecule has 4 aromatic carbocycles. The third-order valence-electron chi connectivity index (χ3n) is 7.02. The molecular formula is C32H34N2O6S. The molecule has 41 heavy (non-hydrogen) atoms. The Balaban J connectivity index is 1.70. The first kappa shape index (κ1) is 28.4. The summed E-state index contributed by atoms with van der Waals surface area (Å²) >= 11 is 0. The van der Waals surface area contributed by atoms with E-state index in [2.05, 4.69) is 10.0 Å². The fourth-order valence-corrected chi connectivity index (χ4v) is 6.62. The van der Waals surface area contributed by atoms with Gasteiger partial charge in [-0.25, -0.2) is 13.2 Å². The number of nitrogens with one attached hydrogen (secondary N) is 2. The van der Waals surface area contributed by atoms with Crippen molar-refractivity contribution in [2.75, 3.05) is 23.2 Å². The second kappa shape index (κ2) is 10.7. The van der Waals surface area contributed by atoms with Crippen LogP contribution in [0.1, 0.15) is 43.6 Å². The number of hydrogen-bond acceptors (Lipinski definition) is 6. The van der Waals surface area contributed by atoms with E-state index in [1.807, 2.05) is 43.3 Å². The lowest BCUT2D eigenvalue weighted by Crippen LogP contribution is -2.28. The van der Waals surface area contributed by atoms with E-state index in [9.17, 15) is 18.3 Å². The van der Waals surface area contributed by atoms with Gasteiger partial charge < -0.3 is 19.9 Å². The average Bonchev–Trinajstić information content (AvgIpc) is 2.92. The van der Waals surface area contributed by atoms with E-state index < -0.39 is 27.7 Å². The van der Waals surface area contributed by atoms with Crippen molar-refractivity contribution in [3.63, 3.8) is 0 Å². The number of benzene rings is 4. The van der Waals surface area contributed by atoms with Crippen LogP contribution in [-0.2, 0) is 19.6 Å². The summed E-state index contributed by atoms with van der Waals surface area (Å²) in [5, 5.41) is 15.1. The van der Waals surface area contributed by atoms with E-state index >= 15 is 0 Å².